The molecular formula is C22H21ClN2O6. The SMILES string of the molecule is CCOC(=O)C1=C(COC(=O)Cc2ccc(O)cc2)NC(=O)N[C@@H]1c1ccc(Cl)cc1. The summed E-state index contributed by atoms with van der Waals surface area (Å²) >= 11 is 5.94. The van der Waals surface area contributed by atoms with E-state index in [9.17, 15) is 19.5 Å². The molecule has 0 aromatic heterocycles. The number of carbonyl (C=O) groups excluding carboxylic acids is 3. The van der Waals surface area contributed by atoms with E-state index in [1.54, 1.807) is 43.3 Å². The van der Waals surface area contributed by atoms with Gasteiger partial charge in [0.05, 0.1) is 30.3 Å². The molecular weight excluding hydrogens is 424 g/mol. The maximum Gasteiger partial charge on any atom is 0.338 e. The minimum atomic E-state index is -0.795. The van der Waals surface area contributed by atoms with Gasteiger partial charge in [-0.15, -0.1) is 0 Å². The zero-order valence-corrected chi connectivity index (χ0v) is 17.4. The van der Waals surface area contributed by atoms with Crippen molar-refractivity contribution in [1.29, 1.82) is 0 Å². The average molecular weight is 445 g/mol. The number of rotatable bonds is 7. The molecule has 8 nitrogen and oxygen atoms in total. The summed E-state index contributed by atoms with van der Waals surface area (Å²) in [5.74, 6) is -1.11. The largest absolute Gasteiger partial charge is 0.508 e. The number of ether oxygens (including phenoxy) is 2. The predicted octanol–water partition coefficient (Wildman–Crippen LogP) is 3.00. The third kappa shape index (κ3) is 5.76. The Morgan fingerprint density at radius 2 is 1.74 bits per heavy atom. The Morgan fingerprint density at radius 1 is 1.06 bits per heavy atom. The highest BCUT2D eigenvalue weighted by molar-refractivity contribution is 6.30. The smallest absolute Gasteiger partial charge is 0.338 e. The number of phenols is 1. The van der Waals surface area contributed by atoms with E-state index in [1.165, 1.54) is 12.1 Å². The Hall–Kier alpha value is -3.52. The van der Waals surface area contributed by atoms with Crippen molar-refractivity contribution in [2.75, 3.05) is 13.2 Å². The summed E-state index contributed by atoms with van der Waals surface area (Å²) in [4.78, 5) is 37.1. The maximum atomic E-state index is 12.7. The summed E-state index contributed by atoms with van der Waals surface area (Å²) in [6.07, 6.45) is -0.0326. The van der Waals surface area contributed by atoms with Crippen molar-refractivity contribution in [2.45, 2.75) is 19.4 Å². The number of halogens is 1. The van der Waals surface area contributed by atoms with Crippen molar-refractivity contribution < 1.29 is 29.0 Å². The van der Waals surface area contributed by atoms with E-state index in [4.69, 9.17) is 21.1 Å². The summed E-state index contributed by atoms with van der Waals surface area (Å²) < 4.78 is 10.5. The van der Waals surface area contributed by atoms with Crippen LogP contribution in [0.2, 0.25) is 5.02 Å². The lowest BCUT2D eigenvalue weighted by Crippen LogP contribution is -2.47. The number of phenolic OH excluding ortho intramolecular Hbond substituents is 1. The van der Waals surface area contributed by atoms with Gasteiger partial charge in [0.15, 0.2) is 0 Å². The zero-order valence-electron chi connectivity index (χ0n) is 16.7. The molecule has 0 aliphatic carbocycles. The van der Waals surface area contributed by atoms with E-state index >= 15 is 0 Å². The minimum absolute atomic E-state index is 0.0326. The number of esters is 2. The molecule has 1 aliphatic rings. The van der Waals surface area contributed by atoms with Gasteiger partial charge in [0.25, 0.3) is 0 Å². The van der Waals surface area contributed by atoms with Crippen LogP contribution in [0.4, 0.5) is 4.79 Å². The highest BCUT2D eigenvalue weighted by Gasteiger charge is 2.34. The van der Waals surface area contributed by atoms with Gasteiger partial charge in [0, 0.05) is 5.02 Å². The number of carbonyl (C=O) groups is 3. The van der Waals surface area contributed by atoms with Crippen LogP contribution in [0.25, 0.3) is 0 Å². The van der Waals surface area contributed by atoms with Crippen LogP contribution in [0.5, 0.6) is 5.75 Å². The van der Waals surface area contributed by atoms with Gasteiger partial charge in [-0.25, -0.2) is 9.59 Å². The molecule has 0 bridgehead atoms. The number of hydrogen-bond donors (Lipinski definition) is 3. The number of urea groups is 1. The molecule has 0 fully saturated rings. The number of aromatic hydroxyl groups is 1. The molecule has 1 aliphatic heterocycles. The average Bonchev–Trinajstić information content (AvgIpc) is 2.74. The second kappa shape index (κ2) is 9.99. The minimum Gasteiger partial charge on any atom is -0.508 e. The van der Waals surface area contributed by atoms with E-state index in [0.29, 0.717) is 16.1 Å². The quantitative estimate of drug-likeness (QED) is 0.566. The third-order valence-corrected chi connectivity index (χ3v) is 4.77. The monoisotopic (exact) mass is 444 g/mol. The first kappa shape index (κ1) is 22.2. The van der Waals surface area contributed by atoms with E-state index in [0.717, 1.165) is 0 Å². The molecule has 2 amide bonds. The Morgan fingerprint density at radius 3 is 2.39 bits per heavy atom. The predicted molar refractivity (Wildman–Crippen MR) is 112 cm³/mol. The van der Waals surface area contributed by atoms with Gasteiger partial charge in [-0.1, -0.05) is 35.9 Å². The molecule has 9 heteroatoms. The lowest BCUT2D eigenvalue weighted by molar-refractivity contribution is -0.143. The highest BCUT2D eigenvalue weighted by atomic mass is 35.5. The third-order valence-electron chi connectivity index (χ3n) is 4.51. The molecule has 2 aromatic carbocycles. The summed E-state index contributed by atoms with van der Waals surface area (Å²) in [6.45, 7) is 1.49. The topological polar surface area (TPSA) is 114 Å². The Kier molecular flexibility index (Phi) is 7.15. The molecule has 0 unspecified atom stereocenters. The molecule has 1 heterocycles. The molecule has 162 valence electrons. The second-order valence-corrected chi connectivity index (χ2v) is 7.14. The summed E-state index contributed by atoms with van der Waals surface area (Å²) in [5.41, 5.74) is 1.55. The molecule has 31 heavy (non-hydrogen) atoms. The molecule has 0 saturated heterocycles. The zero-order chi connectivity index (χ0) is 22.4. The van der Waals surface area contributed by atoms with Crippen LogP contribution in [0.3, 0.4) is 0 Å². The van der Waals surface area contributed by atoms with Crippen LogP contribution in [0.15, 0.2) is 59.8 Å². The Balaban J connectivity index is 1.83. The molecule has 2 aromatic rings. The van der Waals surface area contributed by atoms with Crippen molar-refractivity contribution in [3.63, 3.8) is 0 Å². The van der Waals surface area contributed by atoms with Gasteiger partial charge in [-0.3, -0.25) is 4.79 Å². The normalized spacial score (nSPS) is 15.7. The van der Waals surface area contributed by atoms with Crippen LogP contribution in [0.1, 0.15) is 24.1 Å². The highest BCUT2D eigenvalue weighted by Crippen LogP contribution is 2.29. The van der Waals surface area contributed by atoms with Crippen molar-refractivity contribution in [1.82, 2.24) is 10.6 Å². The van der Waals surface area contributed by atoms with Gasteiger partial charge < -0.3 is 25.2 Å². The van der Waals surface area contributed by atoms with Crippen LogP contribution in [-0.2, 0) is 25.5 Å². The Labute approximate surface area is 183 Å². The summed E-state index contributed by atoms with van der Waals surface area (Å²) in [5, 5.41) is 15.1. The van der Waals surface area contributed by atoms with Gasteiger partial charge in [0.2, 0.25) is 0 Å². The molecule has 3 rings (SSSR count). The fourth-order valence-electron chi connectivity index (χ4n) is 3.07. The lowest BCUT2D eigenvalue weighted by Gasteiger charge is -2.29. The molecule has 3 N–H and O–H groups in total. The fraction of sp³-hybridized carbons (Fsp3) is 0.227. The van der Waals surface area contributed by atoms with Crippen molar-refractivity contribution in [3.8, 4) is 5.75 Å². The van der Waals surface area contributed by atoms with Gasteiger partial charge in [-0.2, -0.15) is 0 Å². The van der Waals surface area contributed by atoms with Gasteiger partial charge in [0.1, 0.15) is 12.4 Å². The number of hydrogen-bond acceptors (Lipinski definition) is 6. The summed E-state index contributed by atoms with van der Waals surface area (Å²) in [6, 6.07) is 11.5. The van der Waals surface area contributed by atoms with E-state index in [2.05, 4.69) is 10.6 Å². The van der Waals surface area contributed by atoms with Crippen LogP contribution in [0, 0.1) is 0 Å². The number of nitrogens with one attached hydrogen (secondary N) is 2. The maximum absolute atomic E-state index is 12.7. The lowest BCUT2D eigenvalue weighted by atomic mass is 9.95. The standard InChI is InChI=1S/C22H21ClN2O6/c1-2-30-21(28)19-17(12-31-18(27)11-13-3-9-16(26)10-4-13)24-22(29)25-20(19)14-5-7-15(23)8-6-14/h3-10,20,26H,2,11-12H2,1H3,(H2,24,25,29)/t20-/m1/s1. The van der Waals surface area contributed by atoms with Crippen LogP contribution >= 0.6 is 11.6 Å². The summed E-state index contributed by atoms with van der Waals surface area (Å²) in [7, 11) is 0. The number of amides is 2. The molecule has 0 spiro atoms. The van der Waals surface area contributed by atoms with Crippen molar-refractivity contribution in [3.05, 3.63) is 76.0 Å². The molecule has 1 atom stereocenters. The fourth-order valence-corrected chi connectivity index (χ4v) is 3.20. The molecule has 0 radical (unpaired) electrons. The van der Waals surface area contributed by atoms with Gasteiger partial charge >= 0.3 is 18.0 Å². The van der Waals surface area contributed by atoms with Crippen molar-refractivity contribution >= 4 is 29.6 Å². The molecule has 0 saturated carbocycles. The second-order valence-electron chi connectivity index (χ2n) is 6.70. The van der Waals surface area contributed by atoms with Crippen LogP contribution < -0.4 is 10.6 Å². The number of benzene rings is 2. The first-order chi connectivity index (χ1) is 14.9. The van der Waals surface area contributed by atoms with Crippen molar-refractivity contribution in [2.24, 2.45) is 0 Å². The van der Waals surface area contributed by atoms with Crippen LogP contribution in [-0.4, -0.2) is 36.3 Å². The first-order valence-corrected chi connectivity index (χ1v) is 9.92. The van der Waals surface area contributed by atoms with E-state index < -0.39 is 24.0 Å². The van der Waals surface area contributed by atoms with Gasteiger partial charge in [-0.05, 0) is 42.3 Å². The van der Waals surface area contributed by atoms with E-state index in [-0.39, 0.29) is 36.7 Å². The Bertz CT molecular complexity index is 1000. The first-order valence-electron chi connectivity index (χ1n) is 9.54. The van der Waals surface area contributed by atoms with E-state index in [1.807, 2.05) is 0 Å².